The van der Waals surface area contributed by atoms with Crippen LogP contribution < -0.4 is 20.1 Å². The summed E-state index contributed by atoms with van der Waals surface area (Å²) < 4.78 is 11.3. The molecule has 0 aliphatic heterocycles. The molecule has 3 aromatic rings. The Morgan fingerprint density at radius 3 is 2.32 bits per heavy atom. The Balaban J connectivity index is 1.53. The maximum Gasteiger partial charge on any atom is 0.257 e. The molecule has 5 nitrogen and oxygen atoms in total. The maximum atomic E-state index is 12.6. The third kappa shape index (κ3) is 6.55. The highest BCUT2D eigenvalue weighted by Crippen LogP contribution is 2.21. The van der Waals surface area contributed by atoms with Crippen molar-refractivity contribution in [1.29, 1.82) is 0 Å². The maximum absolute atomic E-state index is 12.6. The van der Waals surface area contributed by atoms with Gasteiger partial charge in [-0.3, -0.25) is 10.1 Å². The van der Waals surface area contributed by atoms with Crippen molar-refractivity contribution in [2.24, 2.45) is 0 Å². The smallest absolute Gasteiger partial charge is 0.257 e. The largest absolute Gasteiger partial charge is 0.490 e. The number of aryl methyl sites for hydroxylation is 2. The molecule has 1 amide bonds. The number of benzene rings is 3. The first-order valence-electron chi connectivity index (χ1n) is 10.2. The minimum Gasteiger partial charge on any atom is -0.490 e. The molecule has 0 spiro atoms. The molecule has 0 atom stereocenters. The zero-order valence-electron chi connectivity index (χ0n) is 17.7. The van der Waals surface area contributed by atoms with E-state index in [1.54, 1.807) is 24.3 Å². The van der Waals surface area contributed by atoms with Gasteiger partial charge in [-0.2, -0.15) is 0 Å². The molecule has 0 bridgehead atoms. The van der Waals surface area contributed by atoms with Crippen molar-refractivity contribution >= 4 is 28.9 Å². The van der Waals surface area contributed by atoms with Crippen molar-refractivity contribution in [2.75, 3.05) is 18.5 Å². The van der Waals surface area contributed by atoms with Gasteiger partial charge in [0.2, 0.25) is 0 Å². The number of anilines is 1. The van der Waals surface area contributed by atoms with Crippen LogP contribution in [0.4, 0.5) is 5.69 Å². The van der Waals surface area contributed by atoms with E-state index in [0.717, 1.165) is 29.0 Å². The highest BCUT2D eigenvalue weighted by atomic mass is 32.1. The first-order valence-corrected chi connectivity index (χ1v) is 10.6. The average molecular weight is 435 g/mol. The number of amides is 1. The van der Waals surface area contributed by atoms with Crippen LogP contribution in [0.5, 0.6) is 11.5 Å². The van der Waals surface area contributed by atoms with E-state index in [1.165, 1.54) is 0 Å². The number of rotatable bonds is 8. The summed E-state index contributed by atoms with van der Waals surface area (Å²) in [5.41, 5.74) is 3.62. The molecule has 0 heterocycles. The van der Waals surface area contributed by atoms with Crippen LogP contribution in [0, 0.1) is 6.92 Å². The van der Waals surface area contributed by atoms with Crippen LogP contribution in [0.3, 0.4) is 0 Å². The van der Waals surface area contributed by atoms with Gasteiger partial charge < -0.3 is 14.8 Å². The predicted octanol–water partition coefficient (Wildman–Crippen LogP) is 5.14. The minimum atomic E-state index is -0.296. The second kappa shape index (κ2) is 11.1. The lowest BCUT2D eigenvalue weighted by Gasteiger charge is -2.15. The number of para-hydroxylation sites is 2. The summed E-state index contributed by atoms with van der Waals surface area (Å²) in [7, 11) is 0. The first-order chi connectivity index (χ1) is 15.1. The summed E-state index contributed by atoms with van der Waals surface area (Å²) in [5.74, 6) is 1.09. The SMILES string of the molecule is CCc1cccc(C)c1NC(=S)NC(=O)c1cccc(OCCOc2ccccc2)c1. The lowest BCUT2D eigenvalue weighted by atomic mass is 10.1. The standard InChI is InChI=1S/C25H26N2O3S/c1-3-19-10-7-9-18(2)23(19)26-25(31)27-24(28)20-11-8-14-22(17-20)30-16-15-29-21-12-5-4-6-13-21/h4-14,17H,3,15-16H2,1-2H3,(H2,26,27,28,31). The number of thiocarbonyl (C=S) groups is 1. The summed E-state index contributed by atoms with van der Waals surface area (Å²) in [5, 5.41) is 6.16. The zero-order valence-corrected chi connectivity index (χ0v) is 18.5. The van der Waals surface area contributed by atoms with E-state index >= 15 is 0 Å². The van der Waals surface area contributed by atoms with Crippen LogP contribution in [0.15, 0.2) is 72.8 Å². The van der Waals surface area contributed by atoms with E-state index in [-0.39, 0.29) is 11.0 Å². The van der Waals surface area contributed by atoms with E-state index in [9.17, 15) is 4.79 Å². The van der Waals surface area contributed by atoms with Gasteiger partial charge in [-0.15, -0.1) is 0 Å². The van der Waals surface area contributed by atoms with Crippen LogP contribution in [0.25, 0.3) is 0 Å². The minimum absolute atomic E-state index is 0.261. The van der Waals surface area contributed by atoms with E-state index in [1.807, 2.05) is 55.5 Å². The monoisotopic (exact) mass is 434 g/mol. The number of carbonyl (C=O) groups excluding carboxylic acids is 1. The summed E-state index contributed by atoms with van der Waals surface area (Å²) in [6.07, 6.45) is 0.869. The summed E-state index contributed by atoms with van der Waals surface area (Å²) in [4.78, 5) is 12.6. The summed E-state index contributed by atoms with van der Waals surface area (Å²) in [6.45, 7) is 4.86. The Morgan fingerprint density at radius 1 is 0.903 bits per heavy atom. The lowest BCUT2D eigenvalue weighted by Crippen LogP contribution is -2.34. The van der Waals surface area contributed by atoms with Gasteiger partial charge in [0.1, 0.15) is 24.7 Å². The van der Waals surface area contributed by atoms with E-state index < -0.39 is 0 Å². The van der Waals surface area contributed by atoms with Crippen molar-refractivity contribution in [3.05, 3.63) is 89.5 Å². The average Bonchev–Trinajstić information content (AvgIpc) is 2.79. The lowest BCUT2D eigenvalue weighted by molar-refractivity contribution is 0.0977. The fourth-order valence-corrected chi connectivity index (χ4v) is 3.28. The molecule has 0 fully saturated rings. The van der Waals surface area contributed by atoms with Gasteiger partial charge >= 0.3 is 0 Å². The summed E-state index contributed by atoms with van der Waals surface area (Å²) >= 11 is 5.35. The Labute approximate surface area is 188 Å². The van der Waals surface area contributed by atoms with E-state index in [4.69, 9.17) is 21.7 Å². The molecule has 0 saturated carbocycles. The number of ether oxygens (including phenoxy) is 2. The highest BCUT2D eigenvalue weighted by molar-refractivity contribution is 7.80. The molecular formula is C25H26N2O3S. The fourth-order valence-electron chi connectivity index (χ4n) is 3.08. The van der Waals surface area contributed by atoms with Gasteiger partial charge in [-0.05, 0) is 67.0 Å². The molecule has 3 rings (SSSR count). The van der Waals surface area contributed by atoms with Crippen LogP contribution in [-0.2, 0) is 6.42 Å². The molecule has 0 unspecified atom stereocenters. The number of nitrogens with one attached hydrogen (secondary N) is 2. The van der Waals surface area contributed by atoms with Crippen molar-refractivity contribution in [3.8, 4) is 11.5 Å². The molecule has 0 radical (unpaired) electrons. The predicted molar refractivity (Wildman–Crippen MR) is 128 cm³/mol. The van der Waals surface area contributed by atoms with Crippen molar-refractivity contribution in [1.82, 2.24) is 5.32 Å². The third-order valence-electron chi connectivity index (χ3n) is 4.67. The van der Waals surface area contributed by atoms with Gasteiger partial charge in [-0.25, -0.2) is 0 Å². The molecule has 6 heteroatoms. The van der Waals surface area contributed by atoms with E-state index in [2.05, 4.69) is 17.6 Å². The van der Waals surface area contributed by atoms with Gasteiger partial charge in [0.15, 0.2) is 5.11 Å². The summed E-state index contributed by atoms with van der Waals surface area (Å²) in [6, 6.07) is 22.6. The fraction of sp³-hybridized carbons (Fsp3) is 0.200. The highest BCUT2D eigenvalue weighted by Gasteiger charge is 2.11. The Morgan fingerprint density at radius 2 is 1.58 bits per heavy atom. The Kier molecular flexibility index (Phi) is 8.01. The molecule has 0 aromatic heterocycles. The third-order valence-corrected chi connectivity index (χ3v) is 4.87. The van der Waals surface area contributed by atoms with Crippen LogP contribution in [-0.4, -0.2) is 24.2 Å². The normalized spacial score (nSPS) is 10.3. The van der Waals surface area contributed by atoms with Gasteiger partial charge in [0.25, 0.3) is 5.91 Å². The number of hydrogen-bond acceptors (Lipinski definition) is 4. The van der Waals surface area contributed by atoms with Crippen LogP contribution in [0.2, 0.25) is 0 Å². The van der Waals surface area contributed by atoms with Crippen LogP contribution >= 0.6 is 12.2 Å². The molecule has 31 heavy (non-hydrogen) atoms. The molecule has 0 saturated heterocycles. The number of hydrogen-bond donors (Lipinski definition) is 2. The van der Waals surface area contributed by atoms with Crippen LogP contribution in [0.1, 0.15) is 28.4 Å². The first kappa shape index (κ1) is 22.3. The second-order valence-electron chi connectivity index (χ2n) is 6.91. The molecule has 160 valence electrons. The molecular weight excluding hydrogens is 408 g/mol. The van der Waals surface area contributed by atoms with E-state index in [0.29, 0.717) is 24.5 Å². The quantitative estimate of drug-likeness (QED) is 0.380. The zero-order chi connectivity index (χ0) is 22.1. The van der Waals surface area contributed by atoms with Crippen molar-refractivity contribution in [3.63, 3.8) is 0 Å². The Hall–Kier alpha value is -3.38. The van der Waals surface area contributed by atoms with Crippen molar-refractivity contribution < 1.29 is 14.3 Å². The molecule has 3 aromatic carbocycles. The molecule has 2 N–H and O–H groups in total. The van der Waals surface area contributed by atoms with Gasteiger partial charge in [-0.1, -0.05) is 49.4 Å². The molecule has 0 aliphatic carbocycles. The van der Waals surface area contributed by atoms with Gasteiger partial charge in [0, 0.05) is 11.3 Å². The van der Waals surface area contributed by atoms with Crippen molar-refractivity contribution in [2.45, 2.75) is 20.3 Å². The van der Waals surface area contributed by atoms with Gasteiger partial charge in [0.05, 0.1) is 0 Å². The molecule has 0 aliphatic rings. The number of carbonyl (C=O) groups is 1. The topological polar surface area (TPSA) is 59.6 Å². The second-order valence-corrected chi connectivity index (χ2v) is 7.32. The Bertz CT molecular complexity index is 1040.